The van der Waals surface area contributed by atoms with Crippen LogP contribution in [0.5, 0.6) is 0 Å². The van der Waals surface area contributed by atoms with Crippen molar-refractivity contribution < 1.29 is 0 Å². The highest BCUT2D eigenvalue weighted by atomic mass is 15.2. The molecule has 0 aliphatic heterocycles. The van der Waals surface area contributed by atoms with Crippen molar-refractivity contribution in [1.29, 1.82) is 0 Å². The molecule has 0 spiro atoms. The zero-order valence-corrected chi connectivity index (χ0v) is 12.2. The lowest BCUT2D eigenvalue weighted by Crippen LogP contribution is -2.52. The molecule has 1 aromatic heterocycles. The fourth-order valence-electron chi connectivity index (χ4n) is 3.06. The molecule has 1 heterocycles. The van der Waals surface area contributed by atoms with E-state index in [1.54, 1.807) is 12.3 Å². The fourth-order valence-corrected chi connectivity index (χ4v) is 3.06. The molecule has 0 bridgehead atoms. The number of nitrogen functional groups attached to an aromatic ring is 1. The molecule has 1 saturated carbocycles. The van der Waals surface area contributed by atoms with Crippen molar-refractivity contribution in [1.82, 2.24) is 14.9 Å². The summed E-state index contributed by atoms with van der Waals surface area (Å²) in [6.07, 6.45) is 6.76. The molecule has 5 nitrogen and oxygen atoms in total. The van der Waals surface area contributed by atoms with Crippen LogP contribution in [0.2, 0.25) is 0 Å². The van der Waals surface area contributed by atoms with E-state index in [0.717, 1.165) is 12.5 Å². The summed E-state index contributed by atoms with van der Waals surface area (Å²) in [5, 5.41) is 3.35. The van der Waals surface area contributed by atoms with Gasteiger partial charge in [-0.15, -0.1) is 0 Å². The van der Waals surface area contributed by atoms with E-state index in [1.807, 2.05) is 0 Å². The van der Waals surface area contributed by atoms with E-state index in [4.69, 9.17) is 5.73 Å². The summed E-state index contributed by atoms with van der Waals surface area (Å²) in [7, 11) is 4.33. The van der Waals surface area contributed by atoms with Crippen LogP contribution in [0.3, 0.4) is 0 Å². The number of rotatable bonds is 4. The maximum absolute atomic E-state index is 5.68. The van der Waals surface area contributed by atoms with Gasteiger partial charge in [0.15, 0.2) is 0 Å². The van der Waals surface area contributed by atoms with Crippen molar-refractivity contribution in [3.63, 3.8) is 0 Å². The second kappa shape index (κ2) is 5.74. The molecular weight excluding hydrogens is 238 g/mol. The minimum atomic E-state index is 0.200. The molecular formula is C14H25N5. The van der Waals surface area contributed by atoms with Crippen molar-refractivity contribution in [2.24, 2.45) is 5.92 Å². The highest BCUT2D eigenvalue weighted by molar-refractivity contribution is 5.35. The first kappa shape index (κ1) is 14.1. The summed E-state index contributed by atoms with van der Waals surface area (Å²) in [5.41, 5.74) is 5.88. The van der Waals surface area contributed by atoms with Crippen LogP contribution in [0, 0.1) is 5.92 Å². The Labute approximate surface area is 115 Å². The summed E-state index contributed by atoms with van der Waals surface area (Å²) in [4.78, 5) is 10.8. The first-order valence-electron chi connectivity index (χ1n) is 7.02. The summed E-state index contributed by atoms with van der Waals surface area (Å²) in [5.74, 6) is 1.91. The lowest BCUT2D eigenvalue weighted by molar-refractivity contribution is 0.0881. The molecule has 1 aromatic rings. The summed E-state index contributed by atoms with van der Waals surface area (Å²) >= 11 is 0. The number of nitrogens with one attached hydrogen (secondary N) is 1. The molecule has 1 aliphatic carbocycles. The van der Waals surface area contributed by atoms with Crippen molar-refractivity contribution in [3.05, 3.63) is 12.3 Å². The molecule has 0 aromatic carbocycles. The summed E-state index contributed by atoms with van der Waals surface area (Å²) < 4.78 is 0. The highest BCUT2D eigenvalue weighted by Crippen LogP contribution is 2.35. The lowest BCUT2D eigenvalue weighted by atomic mass is 9.75. The van der Waals surface area contributed by atoms with E-state index >= 15 is 0 Å². The Balaban J connectivity index is 2.05. The highest BCUT2D eigenvalue weighted by Gasteiger charge is 2.36. The zero-order chi connectivity index (χ0) is 13.9. The molecule has 0 amide bonds. The third-order valence-electron chi connectivity index (χ3n) is 4.27. The van der Waals surface area contributed by atoms with Crippen LogP contribution in [0.4, 0.5) is 11.8 Å². The maximum atomic E-state index is 5.68. The smallest absolute Gasteiger partial charge is 0.224 e. The van der Waals surface area contributed by atoms with Gasteiger partial charge in [-0.05, 0) is 38.9 Å². The van der Waals surface area contributed by atoms with Crippen LogP contribution in [-0.2, 0) is 0 Å². The number of aromatic nitrogens is 2. The average molecular weight is 263 g/mol. The van der Waals surface area contributed by atoms with Gasteiger partial charge in [-0.2, -0.15) is 4.98 Å². The van der Waals surface area contributed by atoms with E-state index in [9.17, 15) is 0 Å². The first-order valence-corrected chi connectivity index (χ1v) is 7.02. The van der Waals surface area contributed by atoms with Crippen LogP contribution < -0.4 is 11.1 Å². The summed E-state index contributed by atoms with van der Waals surface area (Å²) in [6.45, 7) is 3.21. The first-order chi connectivity index (χ1) is 9.02. The molecule has 2 rings (SSSR count). The number of hydrogen-bond donors (Lipinski definition) is 2. The van der Waals surface area contributed by atoms with Gasteiger partial charge in [0.25, 0.3) is 0 Å². The average Bonchev–Trinajstić information content (AvgIpc) is 2.36. The summed E-state index contributed by atoms with van der Waals surface area (Å²) in [6, 6.07) is 1.70. The third-order valence-corrected chi connectivity index (χ3v) is 4.27. The fraction of sp³-hybridized carbons (Fsp3) is 0.714. The number of nitrogens with zero attached hydrogens (tertiary/aromatic N) is 3. The molecule has 1 aliphatic rings. The van der Waals surface area contributed by atoms with Gasteiger partial charge >= 0.3 is 0 Å². The van der Waals surface area contributed by atoms with Gasteiger partial charge in [0.05, 0.1) is 0 Å². The Morgan fingerprint density at radius 2 is 2.32 bits per heavy atom. The second-order valence-electron chi connectivity index (χ2n) is 5.98. The Hall–Kier alpha value is -1.36. The minimum Gasteiger partial charge on any atom is -0.384 e. The molecule has 0 radical (unpaired) electrons. The maximum Gasteiger partial charge on any atom is 0.224 e. The van der Waals surface area contributed by atoms with Gasteiger partial charge in [0.2, 0.25) is 5.95 Å². The number of likely N-dealkylation sites (N-methyl/N-ethyl adjacent to an activating group) is 1. The Morgan fingerprint density at radius 3 is 2.95 bits per heavy atom. The van der Waals surface area contributed by atoms with Gasteiger partial charge in [0, 0.05) is 18.3 Å². The minimum absolute atomic E-state index is 0.200. The van der Waals surface area contributed by atoms with Gasteiger partial charge in [-0.1, -0.05) is 19.8 Å². The molecule has 106 valence electrons. The second-order valence-corrected chi connectivity index (χ2v) is 5.98. The van der Waals surface area contributed by atoms with Crippen molar-refractivity contribution in [2.45, 2.75) is 38.1 Å². The van der Waals surface area contributed by atoms with Gasteiger partial charge in [-0.25, -0.2) is 4.98 Å². The van der Waals surface area contributed by atoms with E-state index in [-0.39, 0.29) is 5.54 Å². The van der Waals surface area contributed by atoms with Crippen LogP contribution in [0.1, 0.15) is 32.6 Å². The van der Waals surface area contributed by atoms with Crippen LogP contribution in [0.25, 0.3) is 0 Å². The monoisotopic (exact) mass is 263 g/mol. The van der Waals surface area contributed by atoms with Crippen LogP contribution in [-0.4, -0.2) is 41.0 Å². The Morgan fingerprint density at radius 1 is 1.53 bits per heavy atom. The lowest BCUT2D eigenvalue weighted by Gasteiger charge is -2.45. The third kappa shape index (κ3) is 3.35. The van der Waals surface area contributed by atoms with Crippen molar-refractivity contribution in [2.75, 3.05) is 31.7 Å². The predicted octanol–water partition coefficient (Wildman–Crippen LogP) is 1.98. The van der Waals surface area contributed by atoms with Gasteiger partial charge in [-0.3, -0.25) is 0 Å². The number of anilines is 2. The normalized spacial score (nSPS) is 27.5. The van der Waals surface area contributed by atoms with E-state index in [0.29, 0.717) is 11.8 Å². The predicted molar refractivity (Wildman–Crippen MR) is 79.0 cm³/mol. The van der Waals surface area contributed by atoms with Gasteiger partial charge < -0.3 is 16.0 Å². The molecule has 2 unspecified atom stereocenters. The van der Waals surface area contributed by atoms with Crippen LogP contribution >= 0.6 is 0 Å². The topological polar surface area (TPSA) is 67.1 Å². The molecule has 2 atom stereocenters. The number of hydrogen-bond acceptors (Lipinski definition) is 5. The SMILES string of the molecule is CC1CCCC(CNc2nccc(N)n2)(N(C)C)C1. The molecule has 1 fully saturated rings. The Bertz CT molecular complexity index is 420. The molecule has 0 saturated heterocycles. The van der Waals surface area contributed by atoms with Gasteiger partial charge in [0.1, 0.15) is 5.82 Å². The van der Waals surface area contributed by atoms with E-state index in [2.05, 4.69) is 41.2 Å². The standard InChI is InChI=1S/C14H25N5/c1-11-5-4-7-14(9-11,19(2)3)10-17-13-16-8-6-12(15)18-13/h6,8,11H,4-5,7,9-10H2,1-3H3,(H3,15,16,17,18). The zero-order valence-electron chi connectivity index (χ0n) is 12.2. The number of nitrogens with two attached hydrogens (primary N) is 1. The molecule has 5 heteroatoms. The van der Waals surface area contributed by atoms with E-state index < -0.39 is 0 Å². The Kier molecular flexibility index (Phi) is 4.24. The largest absolute Gasteiger partial charge is 0.384 e. The van der Waals surface area contributed by atoms with Crippen molar-refractivity contribution >= 4 is 11.8 Å². The molecule has 19 heavy (non-hydrogen) atoms. The molecule has 3 N–H and O–H groups in total. The van der Waals surface area contributed by atoms with E-state index in [1.165, 1.54) is 25.7 Å². The van der Waals surface area contributed by atoms with Crippen LogP contribution in [0.15, 0.2) is 12.3 Å². The quantitative estimate of drug-likeness (QED) is 0.869. The van der Waals surface area contributed by atoms with Crippen molar-refractivity contribution in [3.8, 4) is 0 Å².